The van der Waals surface area contributed by atoms with E-state index in [1.165, 1.54) is 17.9 Å². The Labute approximate surface area is 175 Å². The maximum absolute atomic E-state index is 14.6. The first-order chi connectivity index (χ1) is 15.1. The lowest BCUT2D eigenvalue weighted by Crippen LogP contribution is -2.35. The summed E-state index contributed by atoms with van der Waals surface area (Å²) in [5.41, 5.74) is 0.864. The molecule has 4 heterocycles. The van der Waals surface area contributed by atoms with Crippen molar-refractivity contribution in [1.82, 2.24) is 34.5 Å². The van der Waals surface area contributed by atoms with E-state index < -0.39 is 5.82 Å². The molecular weight excluding hydrogens is 406 g/mol. The molecule has 0 amide bonds. The van der Waals surface area contributed by atoms with Gasteiger partial charge in [0.15, 0.2) is 23.3 Å². The van der Waals surface area contributed by atoms with Crippen LogP contribution in [0.4, 0.5) is 14.6 Å². The van der Waals surface area contributed by atoms with E-state index in [1.807, 2.05) is 4.57 Å². The van der Waals surface area contributed by atoms with Gasteiger partial charge in [-0.25, -0.2) is 23.4 Å². The standard InChI is InChI=1S/C20H18F2N8O/c1-31-18-8-16(27-30(18)10-13-4-2-3-5-14(13)21)19-23-9-15(22)20(25-19)28-6-7-29-12-24-26-17(29)11-28/h2-5,8-9,12H,6-7,10-11H2,1H3. The van der Waals surface area contributed by atoms with Gasteiger partial charge in [-0.3, -0.25) is 0 Å². The number of halogens is 2. The van der Waals surface area contributed by atoms with Gasteiger partial charge in [-0.1, -0.05) is 18.2 Å². The number of methoxy groups -OCH3 is 1. The molecule has 1 aliphatic heterocycles. The van der Waals surface area contributed by atoms with Crippen molar-refractivity contribution < 1.29 is 13.5 Å². The Balaban J connectivity index is 1.46. The van der Waals surface area contributed by atoms with E-state index >= 15 is 0 Å². The molecule has 0 spiro atoms. The highest BCUT2D eigenvalue weighted by molar-refractivity contribution is 5.55. The fourth-order valence-corrected chi connectivity index (χ4v) is 3.52. The molecule has 0 saturated heterocycles. The zero-order chi connectivity index (χ0) is 21.4. The van der Waals surface area contributed by atoms with Crippen LogP contribution in [0.2, 0.25) is 0 Å². The van der Waals surface area contributed by atoms with Crippen LogP contribution < -0.4 is 9.64 Å². The van der Waals surface area contributed by atoms with Crippen molar-refractivity contribution in [2.24, 2.45) is 0 Å². The first kappa shape index (κ1) is 19.1. The Hall–Kier alpha value is -3.89. The molecule has 5 rings (SSSR count). The number of aromatic nitrogens is 7. The first-order valence-corrected chi connectivity index (χ1v) is 9.62. The number of ether oxygens (including phenoxy) is 1. The van der Waals surface area contributed by atoms with Gasteiger partial charge in [0.05, 0.1) is 26.4 Å². The first-order valence-electron chi connectivity index (χ1n) is 9.62. The predicted molar refractivity (Wildman–Crippen MR) is 106 cm³/mol. The van der Waals surface area contributed by atoms with Crippen molar-refractivity contribution in [2.75, 3.05) is 18.6 Å². The SMILES string of the molecule is COc1cc(-c2ncc(F)c(N3CCn4cnnc4C3)n2)nn1Cc1ccccc1F. The molecule has 0 aliphatic carbocycles. The minimum absolute atomic E-state index is 0.168. The lowest BCUT2D eigenvalue weighted by molar-refractivity contribution is 0.365. The second kappa shape index (κ2) is 7.74. The molecular formula is C20H18F2N8O. The lowest BCUT2D eigenvalue weighted by atomic mass is 10.2. The number of rotatable bonds is 5. The predicted octanol–water partition coefficient (Wildman–Crippen LogP) is 2.29. The van der Waals surface area contributed by atoms with Crippen molar-refractivity contribution >= 4 is 5.82 Å². The summed E-state index contributed by atoms with van der Waals surface area (Å²) in [6.07, 6.45) is 2.78. The van der Waals surface area contributed by atoms with E-state index in [4.69, 9.17) is 4.74 Å². The molecule has 1 aliphatic rings. The van der Waals surface area contributed by atoms with Gasteiger partial charge < -0.3 is 14.2 Å². The second-order valence-corrected chi connectivity index (χ2v) is 7.05. The van der Waals surface area contributed by atoms with Gasteiger partial charge in [-0.2, -0.15) is 5.10 Å². The average Bonchev–Trinajstić information content (AvgIpc) is 3.42. The molecule has 0 bridgehead atoms. The average molecular weight is 424 g/mol. The number of benzene rings is 1. The molecule has 158 valence electrons. The van der Waals surface area contributed by atoms with E-state index in [2.05, 4.69) is 25.3 Å². The molecule has 0 fully saturated rings. The Morgan fingerprint density at radius 2 is 2.00 bits per heavy atom. The van der Waals surface area contributed by atoms with Gasteiger partial charge >= 0.3 is 0 Å². The van der Waals surface area contributed by atoms with Crippen LogP contribution in [0.5, 0.6) is 5.88 Å². The quantitative estimate of drug-likeness (QED) is 0.486. The smallest absolute Gasteiger partial charge is 0.212 e. The van der Waals surface area contributed by atoms with E-state index in [-0.39, 0.29) is 24.0 Å². The fourth-order valence-electron chi connectivity index (χ4n) is 3.52. The third kappa shape index (κ3) is 3.58. The Morgan fingerprint density at radius 3 is 2.84 bits per heavy atom. The van der Waals surface area contributed by atoms with Gasteiger partial charge in [-0.15, -0.1) is 10.2 Å². The Morgan fingerprint density at radius 1 is 1.13 bits per heavy atom. The molecule has 4 aromatic rings. The maximum atomic E-state index is 14.6. The summed E-state index contributed by atoms with van der Waals surface area (Å²) in [7, 11) is 1.50. The van der Waals surface area contributed by atoms with Gasteiger partial charge in [0.1, 0.15) is 17.8 Å². The van der Waals surface area contributed by atoms with Crippen LogP contribution >= 0.6 is 0 Å². The van der Waals surface area contributed by atoms with Gasteiger partial charge in [0, 0.05) is 24.7 Å². The number of fused-ring (bicyclic) bond motifs is 1. The molecule has 0 unspecified atom stereocenters. The highest BCUT2D eigenvalue weighted by Crippen LogP contribution is 2.26. The van der Waals surface area contributed by atoms with Crippen LogP contribution in [0.1, 0.15) is 11.4 Å². The van der Waals surface area contributed by atoms with Crippen molar-refractivity contribution in [3.8, 4) is 17.4 Å². The normalized spacial score (nSPS) is 13.3. The van der Waals surface area contributed by atoms with Crippen LogP contribution in [0, 0.1) is 11.6 Å². The minimum atomic E-state index is -0.533. The molecule has 0 atom stereocenters. The summed E-state index contributed by atoms with van der Waals surface area (Å²) in [5, 5.41) is 12.4. The zero-order valence-electron chi connectivity index (χ0n) is 16.6. The van der Waals surface area contributed by atoms with Gasteiger partial charge in [0.2, 0.25) is 5.88 Å². The van der Waals surface area contributed by atoms with Crippen LogP contribution in [0.15, 0.2) is 42.9 Å². The molecule has 0 radical (unpaired) electrons. The highest BCUT2D eigenvalue weighted by Gasteiger charge is 2.23. The van der Waals surface area contributed by atoms with E-state index in [0.29, 0.717) is 36.8 Å². The van der Waals surface area contributed by atoms with Crippen molar-refractivity contribution in [2.45, 2.75) is 19.6 Å². The summed E-state index contributed by atoms with van der Waals surface area (Å²) < 4.78 is 37.4. The summed E-state index contributed by atoms with van der Waals surface area (Å²) >= 11 is 0. The second-order valence-electron chi connectivity index (χ2n) is 7.05. The molecule has 1 aromatic carbocycles. The molecule has 11 heteroatoms. The van der Waals surface area contributed by atoms with Crippen LogP contribution in [0.3, 0.4) is 0 Å². The van der Waals surface area contributed by atoms with Crippen molar-refractivity contribution in [3.63, 3.8) is 0 Å². The Kier molecular flexibility index (Phi) is 4.77. The van der Waals surface area contributed by atoms with Crippen LogP contribution in [-0.2, 0) is 19.6 Å². The lowest BCUT2D eigenvalue weighted by Gasteiger charge is -2.28. The summed E-state index contributed by atoms with van der Waals surface area (Å²) in [6.45, 7) is 1.75. The third-order valence-corrected chi connectivity index (χ3v) is 5.12. The van der Waals surface area contributed by atoms with E-state index in [9.17, 15) is 8.78 Å². The van der Waals surface area contributed by atoms with Gasteiger partial charge in [-0.05, 0) is 6.07 Å². The summed E-state index contributed by atoms with van der Waals surface area (Å²) in [4.78, 5) is 10.3. The molecule has 9 nitrogen and oxygen atoms in total. The number of hydrogen-bond acceptors (Lipinski definition) is 7. The monoisotopic (exact) mass is 424 g/mol. The zero-order valence-corrected chi connectivity index (χ0v) is 16.6. The maximum Gasteiger partial charge on any atom is 0.212 e. The number of anilines is 1. The number of nitrogens with zero attached hydrogens (tertiary/aromatic N) is 8. The summed E-state index contributed by atoms with van der Waals surface area (Å²) in [6, 6.07) is 8.09. The van der Waals surface area contributed by atoms with Crippen LogP contribution in [-0.4, -0.2) is 48.2 Å². The molecule has 3 aromatic heterocycles. The number of hydrogen-bond donors (Lipinski definition) is 0. The summed E-state index contributed by atoms with van der Waals surface area (Å²) in [5.74, 6) is 0.700. The molecule has 31 heavy (non-hydrogen) atoms. The van der Waals surface area contributed by atoms with E-state index in [0.717, 1.165) is 12.0 Å². The highest BCUT2D eigenvalue weighted by atomic mass is 19.1. The molecule has 0 N–H and O–H groups in total. The minimum Gasteiger partial charge on any atom is -0.481 e. The third-order valence-electron chi connectivity index (χ3n) is 5.12. The van der Waals surface area contributed by atoms with Crippen LogP contribution in [0.25, 0.3) is 11.5 Å². The van der Waals surface area contributed by atoms with Crippen molar-refractivity contribution in [1.29, 1.82) is 0 Å². The van der Waals surface area contributed by atoms with Gasteiger partial charge in [0.25, 0.3) is 0 Å². The Bertz CT molecular complexity index is 1240. The van der Waals surface area contributed by atoms with E-state index in [1.54, 1.807) is 35.5 Å². The topological polar surface area (TPSA) is 86.8 Å². The largest absolute Gasteiger partial charge is 0.481 e. The van der Waals surface area contributed by atoms with Crippen molar-refractivity contribution in [3.05, 3.63) is 65.9 Å². The molecule has 0 saturated carbocycles. The fraction of sp³-hybridized carbons (Fsp3) is 0.250.